The molecule has 32 heavy (non-hydrogen) atoms. The maximum absolute atomic E-state index is 11.7. The first-order valence-corrected chi connectivity index (χ1v) is 10.6. The zero-order valence-corrected chi connectivity index (χ0v) is 17.7. The van der Waals surface area contributed by atoms with E-state index < -0.39 is 37.3 Å². The molecule has 1 aromatic carbocycles. The molecule has 0 fully saturated rings. The van der Waals surface area contributed by atoms with E-state index in [4.69, 9.17) is 20.5 Å². The predicted octanol–water partition coefficient (Wildman–Crippen LogP) is 1.91. The first-order chi connectivity index (χ1) is 15.2. The average molecular weight is 459 g/mol. The lowest BCUT2D eigenvalue weighted by Crippen LogP contribution is -2.10. The van der Waals surface area contributed by atoms with E-state index in [0.29, 0.717) is 0 Å². The number of nitro groups is 1. The first-order valence-electron chi connectivity index (χ1n) is 8.74. The van der Waals surface area contributed by atoms with Gasteiger partial charge >= 0.3 is 11.6 Å². The quantitative estimate of drug-likeness (QED) is 0.319. The van der Waals surface area contributed by atoms with Crippen LogP contribution in [-0.4, -0.2) is 46.1 Å². The smallest absolute Gasteiger partial charge is 0.373 e. The van der Waals surface area contributed by atoms with Crippen LogP contribution in [0.25, 0.3) is 0 Å². The molecule has 0 saturated heterocycles. The lowest BCUT2D eigenvalue weighted by Gasteiger charge is -2.12. The molecule has 0 unspecified atom stereocenters. The van der Waals surface area contributed by atoms with Crippen molar-refractivity contribution >= 4 is 21.3 Å². The van der Waals surface area contributed by atoms with Crippen molar-refractivity contribution in [3.05, 3.63) is 58.7 Å². The summed E-state index contributed by atoms with van der Waals surface area (Å²) in [5, 5.41) is 19.5. The highest BCUT2D eigenvalue weighted by molar-refractivity contribution is 7.90. The van der Waals surface area contributed by atoms with Crippen molar-refractivity contribution in [2.75, 3.05) is 18.6 Å². The molecule has 0 radical (unpaired) electrons. The van der Waals surface area contributed by atoms with Crippen molar-refractivity contribution in [1.29, 1.82) is 5.26 Å². The van der Waals surface area contributed by atoms with E-state index in [1.165, 1.54) is 24.5 Å². The van der Waals surface area contributed by atoms with Gasteiger partial charge in [0.1, 0.15) is 6.33 Å². The molecule has 0 spiro atoms. The fraction of sp³-hybridized carbons (Fsp3) is 0.167. The molecule has 3 rings (SSSR count). The van der Waals surface area contributed by atoms with E-state index in [9.17, 15) is 18.5 Å². The van der Waals surface area contributed by atoms with E-state index in [1.807, 2.05) is 6.07 Å². The summed E-state index contributed by atoms with van der Waals surface area (Å²) in [6.45, 7) is 1.96. The van der Waals surface area contributed by atoms with Gasteiger partial charge in [0.25, 0.3) is 5.16 Å². The minimum Gasteiger partial charge on any atom is -0.490 e. The van der Waals surface area contributed by atoms with Gasteiger partial charge in [0.15, 0.2) is 11.5 Å². The molecule has 0 bridgehead atoms. The maximum atomic E-state index is 11.7. The summed E-state index contributed by atoms with van der Waals surface area (Å²) in [4.78, 5) is 24.7. The Bertz CT molecular complexity index is 1220. The van der Waals surface area contributed by atoms with Gasteiger partial charge in [-0.25, -0.2) is 18.4 Å². The number of ether oxygens (including phenoxy) is 2. The minimum atomic E-state index is -3.90. The minimum absolute atomic E-state index is 0.0634. The Morgan fingerprint density at radius 2 is 1.91 bits per heavy atom. The van der Waals surface area contributed by atoms with Gasteiger partial charge < -0.3 is 15.2 Å². The van der Waals surface area contributed by atoms with Gasteiger partial charge in [-0.1, -0.05) is 0 Å². The van der Waals surface area contributed by atoms with Crippen molar-refractivity contribution < 1.29 is 22.8 Å². The van der Waals surface area contributed by atoms with E-state index in [-0.39, 0.29) is 23.7 Å². The Morgan fingerprint density at radius 3 is 2.38 bits per heavy atom. The number of benzene rings is 1. The monoisotopic (exact) mass is 459 g/mol. The van der Waals surface area contributed by atoms with E-state index in [1.54, 1.807) is 25.4 Å². The van der Waals surface area contributed by atoms with E-state index in [2.05, 4.69) is 19.9 Å². The molecule has 13 nitrogen and oxygen atoms in total. The van der Waals surface area contributed by atoms with Gasteiger partial charge in [-0.05, 0) is 25.1 Å². The van der Waals surface area contributed by atoms with Crippen LogP contribution in [0.15, 0.2) is 48.1 Å². The Morgan fingerprint density at radius 1 is 1.22 bits per heavy atom. The van der Waals surface area contributed by atoms with Crippen LogP contribution in [0.2, 0.25) is 0 Å². The van der Waals surface area contributed by atoms with Gasteiger partial charge in [0.05, 0.1) is 23.2 Å². The second kappa shape index (κ2) is 10.6. The molecular weight excluding hydrogens is 442 g/mol. The summed E-state index contributed by atoms with van der Waals surface area (Å²) in [6.07, 6.45) is 5.69. The highest BCUT2D eigenvalue weighted by atomic mass is 32.2. The fourth-order valence-corrected chi connectivity index (χ4v) is 2.64. The molecule has 0 aliphatic heterocycles. The van der Waals surface area contributed by atoms with Crippen LogP contribution in [0, 0.1) is 21.4 Å². The highest BCUT2D eigenvalue weighted by Crippen LogP contribution is 2.38. The van der Waals surface area contributed by atoms with Crippen LogP contribution in [0.1, 0.15) is 12.5 Å². The Labute approximate surface area is 182 Å². The molecule has 0 aliphatic rings. The number of nitriles is 1. The third-order valence-electron chi connectivity index (χ3n) is 3.43. The summed E-state index contributed by atoms with van der Waals surface area (Å²) in [5.74, 6) is -1.24. The second-order valence-electron chi connectivity index (χ2n) is 5.79. The van der Waals surface area contributed by atoms with Crippen LogP contribution in [-0.2, 0) is 9.84 Å². The molecular formula is C18H17N7O6S. The van der Waals surface area contributed by atoms with Crippen LogP contribution < -0.4 is 15.2 Å². The number of nitrogen functional groups attached to an aromatic ring is 1. The van der Waals surface area contributed by atoms with Crippen LogP contribution in [0.3, 0.4) is 0 Å². The number of nitrogens with two attached hydrogens (primary N) is 1. The van der Waals surface area contributed by atoms with Crippen molar-refractivity contribution in [3.8, 4) is 23.4 Å². The summed E-state index contributed by atoms with van der Waals surface area (Å²) in [5.41, 5.74) is 4.89. The SMILES string of the molecule is CCOc1ccc(C#N)cc1Oc1nc(S(C)(=O)=O)nc(N)c1[N+](=O)[O-].c1cncnc1. The number of anilines is 1. The number of rotatable bonds is 6. The van der Waals surface area contributed by atoms with E-state index >= 15 is 0 Å². The van der Waals surface area contributed by atoms with Gasteiger partial charge in [0.2, 0.25) is 15.7 Å². The largest absolute Gasteiger partial charge is 0.490 e. The predicted molar refractivity (Wildman–Crippen MR) is 111 cm³/mol. The second-order valence-corrected chi connectivity index (χ2v) is 7.70. The molecule has 3 aromatic rings. The molecule has 2 heterocycles. The van der Waals surface area contributed by atoms with E-state index in [0.717, 1.165) is 6.26 Å². The average Bonchev–Trinajstić information content (AvgIpc) is 2.75. The standard InChI is InChI=1S/C14H13N5O6S.C4H4N2/c1-3-24-9-5-4-8(7-15)6-10(9)25-13-11(19(20)21)12(16)17-14(18-13)26(2,22)23;1-2-5-4-6-3-1/h4-6H,3H2,1-2H3,(H2,16,17,18);1-4H. The van der Waals surface area contributed by atoms with Gasteiger partial charge in [-0.3, -0.25) is 10.1 Å². The van der Waals surface area contributed by atoms with Crippen molar-refractivity contribution in [3.63, 3.8) is 0 Å². The number of hydrogen-bond acceptors (Lipinski definition) is 12. The molecule has 2 N–H and O–H groups in total. The molecule has 14 heteroatoms. The third kappa shape index (κ3) is 6.31. The number of nitrogens with zero attached hydrogens (tertiary/aromatic N) is 6. The highest BCUT2D eigenvalue weighted by Gasteiger charge is 2.28. The fourth-order valence-electron chi connectivity index (χ4n) is 2.13. The molecule has 0 atom stereocenters. The number of hydrogen-bond donors (Lipinski definition) is 1. The van der Waals surface area contributed by atoms with Crippen LogP contribution in [0.4, 0.5) is 11.5 Å². The molecule has 0 amide bonds. The molecule has 2 aromatic heterocycles. The van der Waals surface area contributed by atoms with Crippen LogP contribution in [0.5, 0.6) is 17.4 Å². The lowest BCUT2D eigenvalue weighted by atomic mass is 10.2. The Balaban J connectivity index is 0.000000520. The van der Waals surface area contributed by atoms with Gasteiger partial charge in [-0.2, -0.15) is 15.2 Å². The van der Waals surface area contributed by atoms with Crippen molar-refractivity contribution in [2.24, 2.45) is 0 Å². The third-order valence-corrected chi connectivity index (χ3v) is 4.28. The molecule has 166 valence electrons. The number of sulfone groups is 1. The normalized spacial score (nSPS) is 10.3. The zero-order chi connectivity index (χ0) is 23.7. The summed E-state index contributed by atoms with van der Waals surface area (Å²) in [6, 6.07) is 7.83. The Hall–Kier alpha value is -4.38. The Kier molecular flexibility index (Phi) is 7.91. The summed E-state index contributed by atoms with van der Waals surface area (Å²) < 4.78 is 34.1. The maximum Gasteiger partial charge on any atom is 0.373 e. The summed E-state index contributed by atoms with van der Waals surface area (Å²) in [7, 11) is -3.90. The molecule has 0 saturated carbocycles. The lowest BCUT2D eigenvalue weighted by molar-refractivity contribution is -0.385. The topological polar surface area (TPSA) is 197 Å². The zero-order valence-electron chi connectivity index (χ0n) is 16.9. The first kappa shape index (κ1) is 23.9. The number of aromatic nitrogens is 4. The van der Waals surface area contributed by atoms with Crippen molar-refractivity contribution in [2.45, 2.75) is 12.1 Å². The van der Waals surface area contributed by atoms with Crippen LogP contribution >= 0.6 is 0 Å². The van der Waals surface area contributed by atoms with Crippen molar-refractivity contribution in [1.82, 2.24) is 19.9 Å². The van der Waals surface area contributed by atoms with Gasteiger partial charge in [0, 0.05) is 24.7 Å². The molecule has 0 aliphatic carbocycles. The summed E-state index contributed by atoms with van der Waals surface area (Å²) >= 11 is 0. The van der Waals surface area contributed by atoms with Gasteiger partial charge in [-0.15, -0.1) is 0 Å².